The van der Waals surface area contributed by atoms with Gasteiger partial charge in [-0.2, -0.15) is 0 Å². The van der Waals surface area contributed by atoms with Crippen molar-refractivity contribution in [2.24, 2.45) is 0 Å². The summed E-state index contributed by atoms with van der Waals surface area (Å²) in [6, 6.07) is 24.7. The molecule has 0 radical (unpaired) electrons. The molecule has 4 heteroatoms. The molecule has 0 aliphatic heterocycles. The Morgan fingerprint density at radius 1 is 0.926 bits per heavy atom. The number of rotatable bonds is 5. The van der Waals surface area contributed by atoms with Gasteiger partial charge in [-0.25, -0.2) is 4.98 Å². The summed E-state index contributed by atoms with van der Waals surface area (Å²) < 4.78 is 0. The largest absolute Gasteiger partial charge is 0.301 e. The quantitative estimate of drug-likeness (QED) is 0.391. The van der Waals surface area contributed by atoms with Gasteiger partial charge in [0.25, 0.3) is 5.56 Å². The lowest BCUT2D eigenvalue weighted by Gasteiger charge is -2.09. The SMILES string of the molecule is Cc1nc(SCc2ccccc2)[nH]c(=O)c1Cc1cccc2ccccc12. The molecule has 0 saturated heterocycles. The van der Waals surface area contributed by atoms with Crippen LogP contribution in [-0.4, -0.2) is 9.97 Å². The van der Waals surface area contributed by atoms with Gasteiger partial charge in [-0.05, 0) is 28.8 Å². The molecule has 3 nitrogen and oxygen atoms in total. The predicted molar refractivity (Wildman–Crippen MR) is 112 cm³/mol. The number of hydrogen-bond acceptors (Lipinski definition) is 3. The standard InChI is InChI=1S/C23H20N2OS/c1-16-21(14-19-12-7-11-18-10-5-6-13-20(18)19)22(26)25-23(24-16)27-15-17-8-3-2-4-9-17/h2-13H,14-15H2,1H3,(H,24,25,26). The topological polar surface area (TPSA) is 45.8 Å². The van der Waals surface area contributed by atoms with Crippen LogP contribution in [0.5, 0.6) is 0 Å². The lowest BCUT2D eigenvalue weighted by atomic mass is 9.98. The normalized spacial score (nSPS) is 11.0. The summed E-state index contributed by atoms with van der Waals surface area (Å²) >= 11 is 1.55. The van der Waals surface area contributed by atoms with Gasteiger partial charge in [0.05, 0.1) is 0 Å². The molecule has 0 atom stereocenters. The molecule has 0 saturated carbocycles. The van der Waals surface area contributed by atoms with Gasteiger partial charge in [-0.1, -0.05) is 84.6 Å². The molecule has 0 spiro atoms. The Labute approximate surface area is 162 Å². The smallest absolute Gasteiger partial charge is 0.255 e. The van der Waals surface area contributed by atoms with Gasteiger partial charge in [0.1, 0.15) is 0 Å². The molecule has 4 rings (SSSR count). The Morgan fingerprint density at radius 2 is 1.67 bits per heavy atom. The first-order chi connectivity index (χ1) is 13.2. The van der Waals surface area contributed by atoms with Crippen LogP contribution in [-0.2, 0) is 12.2 Å². The maximum atomic E-state index is 12.7. The van der Waals surface area contributed by atoms with Crippen LogP contribution in [0.25, 0.3) is 10.8 Å². The van der Waals surface area contributed by atoms with Gasteiger partial charge in [-0.15, -0.1) is 0 Å². The van der Waals surface area contributed by atoms with Crippen LogP contribution in [0.3, 0.4) is 0 Å². The summed E-state index contributed by atoms with van der Waals surface area (Å²) in [7, 11) is 0. The summed E-state index contributed by atoms with van der Waals surface area (Å²) in [5, 5.41) is 3.04. The highest BCUT2D eigenvalue weighted by Gasteiger charge is 2.11. The molecule has 0 amide bonds. The molecule has 134 valence electrons. The minimum absolute atomic E-state index is 0.0500. The minimum atomic E-state index is -0.0500. The van der Waals surface area contributed by atoms with Gasteiger partial charge in [-0.3, -0.25) is 4.79 Å². The maximum Gasteiger partial charge on any atom is 0.255 e. The molecule has 1 aromatic heterocycles. The fourth-order valence-corrected chi connectivity index (χ4v) is 4.09. The van der Waals surface area contributed by atoms with Crippen molar-refractivity contribution in [2.75, 3.05) is 0 Å². The minimum Gasteiger partial charge on any atom is -0.301 e. The summed E-state index contributed by atoms with van der Waals surface area (Å²) in [6.07, 6.45) is 0.582. The number of fused-ring (bicyclic) bond motifs is 1. The van der Waals surface area contributed by atoms with Gasteiger partial charge in [0.15, 0.2) is 5.16 Å². The monoisotopic (exact) mass is 372 g/mol. The van der Waals surface area contributed by atoms with Crippen molar-refractivity contribution in [1.82, 2.24) is 9.97 Å². The van der Waals surface area contributed by atoms with Crippen LogP contribution in [0.1, 0.15) is 22.4 Å². The van der Waals surface area contributed by atoms with E-state index in [1.165, 1.54) is 16.3 Å². The third-order valence-electron chi connectivity index (χ3n) is 4.67. The van der Waals surface area contributed by atoms with E-state index in [9.17, 15) is 4.79 Å². The molecule has 1 heterocycles. The van der Waals surface area contributed by atoms with E-state index in [1.807, 2.05) is 43.3 Å². The summed E-state index contributed by atoms with van der Waals surface area (Å²) in [5.74, 6) is 0.784. The van der Waals surface area contributed by atoms with E-state index in [0.29, 0.717) is 11.6 Å². The third-order valence-corrected chi connectivity index (χ3v) is 5.61. The third kappa shape index (κ3) is 3.96. The zero-order valence-corrected chi connectivity index (χ0v) is 15.9. The van der Waals surface area contributed by atoms with Gasteiger partial charge >= 0.3 is 0 Å². The van der Waals surface area contributed by atoms with Crippen LogP contribution in [0, 0.1) is 6.92 Å². The number of aromatic amines is 1. The Hall–Kier alpha value is -2.85. The lowest BCUT2D eigenvalue weighted by Crippen LogP contribution is -2.17. The molecule has 1 N–H and O–H groups in total. The van der Waals surface area contributed by atoms with E-state index >= 15 is 0 Å². The second-order valence-corrected chi connectivity index (χ2v) is 7.49. The van der Waals surface area contributed by atoms with E-state index in [-0.39, 0.29) is 5.56 Å². The first kappa shape index (κ1) is 17.6. The van der Waals surface area contributed by atoms with Crippen LogP contribution in [0.2, 0.25) is 0 Å². The van der Waals surface area contributed by atoms with Crippen LogP contribution >= 0.6 is 11.8 Å². The van der Waals surface area contributed by atoms with E-state index in [0.717, 1.165) is 22.6 Å². The first-order valence-electron chi connectivity index (χ1n) is 8.94. The van der Waals surface area contributed by atoms with E-state index in [1.54, 1.807) is 11.8 Å². The highest BCUT2D eigenvalue weighted by Crippen LogP contribution is 2.22. The average molecular weight is 372 g/mol. The Morgan fingerprint density at radius 3 is 2.48 bits per heavy atom. The summed E-state index contributed by atoms with van der Waals surface area (Å²) in [4.78, 5) is 20.3. The van der Waals surface area contributed by atoms with Crippen LogP contribution < -0.4 is 5.56 Å². The average Bonchev–Trinajstić information content (AvgIpc) is 2.70. The fraction of sp³-hybridized carbons (Fsp3) is 0.130. The molecule has 0 aliphatic carbocycles. The van der Waals surface area contributed by atoms with Crippen molar-refractivity contribution in [3.63, 3.8) is 0 Å². The Kier molecular flexibility index (Phi) is 5.07. The molecule has 0 fully saturated rings. The molecule has 27 heavy (non-hydrogen) atoms. The van der Waals surface area contributed by atoms with Gasteiger partial charge < -0.3 is 4.98 Å². The van der Waals surface area contributed by atoms with Crippen molar-refractivity contribution in [3.8, 4) is 0 Å². The Bertz CT molecular complexity index is 1130. The van der Waals surface area contributed by atoms with Crippen molar-refractivity contribution in [1.29, 1.82) is 0 Å². The van der Waals surface area contributed by atoms with Gasteiger partial charge in [0, 0.05) is 23.4 Å². The highest BCUT2D eigenvalue weighted by atomic mass is 32.2. The predicted octanol–water partition coefficient (Wildman–Crippen LogP) is 5.11. The van der Waals surface area contributed by atoms with E-state index in [2.05, 4.69) is 46.4 Å². The molecule has 3 aromatic carbocycles. The van der Waals surface area contributed by atoms with E-state index in [4.69, 9.17) is 0 Å². The number of nitrogens with zero attached hydrogens (tertiary/aromatic N) is 1. The number of hydrogen-bond donors (Lipinski definition) is 1. The van der Waals surface area contributed by atoms with E-state index < -0.39 is 0 Å². The molecule has 0 unspecified atom stereocenters. The second kappa shape index (κ2) is 7.80. The number of thioether (sulfide) groups is 1. The van der Waals surface area contributed by atoms with Crippen LogP contribution in [0.4, 0.5) is 0 Å². The van der Waals surface area contributed by atoms with Gasteiger partial charge in [0.2, 0.25) is 0 Å². The number of benzene rings is 3. The number of aryl methyl sites for hydroxylation is 1. The highest BCUT2D eigenvalue weighted by molar-refractivity contribution is 7.98. The fourth-order valence-electron chi connectivity index (χ4n) is 3.22. The zero-order valence-electron chi connectivity index (χ0n) is 15.1. The first-order valence-corrected chi connectivity index (χ1v) is 9.92. The summed E-state index contributed by atoms with van der Waals surface area (Å²) in [5.41, 5.74) is 3.83. The molecular weight excluding hydrogens is 352 g/mol. The maximum absolute atomic E-state index is 12.7. The lowest BCUT2D eigenvalue weighted by molar-refractivity contribution is 0.867. The van der Waals surface area contributed by atoms with Crippen molar-refractivity contribution < 1.29 is 0 Å². The molecule has 4 aromatic rings. The van der Waals surface area contributed by atoms with Crippen LogP contribution in [0.15, 0.2) is 82.7 Å². The molecule has 0 bridgehead atoms. The number of H-pyrrole nitrogens is 1. The Balaban J connectivity index is 1.59. The van der Waals surface area contributed by atoms with Crippen molar-refractivity contribution in [2.45, 2.75) is 24.3 Å². The zero-order chi connectivity index (χ0) is 18.6. The number of nitrogens with one attached hydrogen (secondary N) is 1. The molecule has 0 aliphatic rings. The summed E-state index contributed by atoms with van der Waals surface area (Å²) in [6.45, 7) is 1.92. The number of aromatic nitrogens is 2. The second-order valence-electron chi connectivity index (χ2n) is 6.52. The van der Waals surface area contributed by atoms with Crippen molar-refractivity contribution >= 4 is 22.5 Å². The van der Waals surface area contributed by atoms with Crippen molar-refractivity contribution in [3.05, 3.63) is 106 Å². The molecular formula is C23H20N2OS.